The van der Waals surface area contributed by atoms with Gasteiger partial charge in [-0.1, -0.05) is 12.2 Å². The number of nitrogens with zero attached hydrogens (tertiary/aromatic N) is 2. The third kappa shape index (κ3) is 4.78. The van der Waals surface area contributed by atoms with Crippen LogP contribution < -0.4 is 0 Å². The zero-order chi connectivity index (χ0) is 11.9. The summed E-state index contributed by atoms with van der Waals surface area (Å²) in [7, 11) is 0. The lowest BCUT2D eigenvalue weighted by molar-refractivity contribution is 0.140. The highest BCUT2D eigenvalue weighted by Gasteiger charge is 2.13. The molecule has 3 heteroatoms. The van der Waals surface area contributed by atoms with Crippen LogP contribution >= 0.6 is 0 Å². The highest BCUT2D eigenvalue weighted by atomic mass is 16.5. The van der Waals surface area contributed by atoms with Crippen LogP contribution in [0.5, 0.6) is 0 Å². The lowest BCUT2D eigenvalue weighted by atomic mass is 10.1. The molecule has 2 heterocycles. The molecule has 0 aromatic rings. The minimum Gasteiger partial charge on any atom is -0.380 e. The van der Waals surface area contributed by atoms with Gasteiger partial charge in [-0.15, -0.1) is 0 Å². The minimum absolute atomic E-state index is 0.920. The molecule has 0 saturated carbocycles. The largest absolute Gasteiger partial charge is 0.380 e. The van der Waals surface area contributed by atoms with Gasteiger partial charge in [0.15, 0.2) is 0 Å². The monoisotopic (exact) mass is 238 g/mol. The third-order valence-electron chi connectivity index (χ3n) is 3.83. The Kier molecular flexibility index (Phi) is 5.49. The maximum Gasteiger partial charge on any atom is 0.0593 e. The molecule has 3 nitrogen and oxygen atoms in total. The summed E-state index contributed by atoms with van der Waals surface area (Å²) in [4.78, 5) is 5.14. The van der Waals surface area contributed by atoms with E-state index in [0.29, 0.717) is 0 Å². The lowest BCUT2D eigenvalue weighted by Crippen LogP contribution is -2.34. The van der Waals surface area contributed by atoms with Crippen molar-refractivity contribution in [3.63, 3.8) is 0 Å². The quantitative estimate of drug-likeness (QED) is 0.694. The Morgan fingerprint density at radius 1 is 0.941 bits per heavy atom. The van der Waals surface area contributed by atoms with Crippen molar-refractivity contribution in [3.05, 3.63) is 12.2 Å². The SMILES string of the molecule is C=C1CCN(CCCN2CCCOCC2)CC1. The van der Waals surface area contributed by atoms with Gasteiger partial charge in [0.05, 0.1) is 6.61 Å². The average Bonchev–Trinajstić information content (AvgIpc) is 2.60. The fourth-order valence-corrected chi connectivity index (χ4v) is 2.63. The van der Waals surface area contributed by atoms with E-state index in [1.54, 1.807) is 0 Å². The van der Waals surface area contributed by atoms with Crippen molar-refractivity contribution in [3.8, 4) is 0 Å². The van der Waals surface area contributed by atoms with E-state index in [4.69, 9.17) is 4.74 Å². The fraction of sp³-hybridized carbons (Fsp3) is 0.857. The second-order valence-electron chi connectivity index (χ2n) is 5.25. The summed E-state index contributed by atoms with van der Waals surface area (Å²) < 4.78 is 5.47. The smallest absolute Gasteiger partial charge is 0.0593 e. The number of rotatable bonds is 4. The van der Waals surface area contributed by atoms with Gasteiger partial charge < -0.3 is 14.5 Å². The van der Waals surface area contributed by atoms with Crippen molar-refractivity contribution in [1.29, 1.82) is 0 Å². The van der Waals surface area contributed by atoms with E-state index >= 15 is 0 Å². The molecule has 0 unspecified atom stereocenters. The lowest BCUT2D eigenvalue weighted by Gasteiger charge is -2.28. The van der Waals surface area contributed by atoms with Crippen LogP contribution in [0.4, 0.5) is 0 Å². The van der Waals surface area contributed by atoms with Gasteiger partial charge in [-0.2, -0.15) is 0 Å². The van der Waals surface area contributed by atoms with Gasteiger partial charge in [0.2, 0.25) is 0 Å². The summed E-state index contributed by atoms with van der Waals surface area (Å²) in [6.45, 7) is 13.2. The first-order valence-electron chi connectivity index (χ1n) is 7.04. The van der Waals surface area contributed by atoms with E-state index in [9.17, 15) is 0 Å². The molecular weight excluding hydrogens is 212 g/mol. The topological polar surface area (TPSA) is 15.7 Å². The zero-order valence-electron chi connectivity index (χ0n) is 11.0. The summed E-state index contributed by atoms with van der Waals surface area (Å²) in [5.41, 5.74) is 1.44. The highest BCUT2D eigenvalue weighted by Crippen LogP contribution is 2.13. The van der Waals surface area contributed by atoms with Gasteiger partial charge in [-0.3, -0.25) is 0 Å². The first kappa shape index (κ1) is 13.1. The Morgan fingerprint density at radius 3 is 2.41 bits per heavy atom. The molecule has 0 amide bonds. The Balaban J connectivity index is 1.57. The standard InChI is InChI=1S/C14H26N2O/c1-14-4-9-16(10-5-14)7-2-6-15-8-3-12-17-13-11-15/h1-13H2. The van der Waals surface area contributed by atoms with Gasteiger partial charge in [-0.25, -0.2) is 0 Å². The van der Waals surface area contributed by atoms with Gasteiger partial charge in [0, 0.05) is 32.8 Å². The van der Waals surface area contributed by atoms with Crippen LogP contribution in [0, 0.1) is 0 Å². The van der Waals surface area contributed by atoms with Crippen LogP contribution in [0.15, 0.2) is 12.2 Å². The molecule has 0 bridgehead atoms. The summed E-state index contributed by atoms with van der Waals surface area (Å²) in [6.07, 6.45) is 4.91. The Hall–Kier alpha value is -0.380. The van der Waals surface area contributed by atoms with Crippen molar-refractivity contribution in [1.82, 2.24) is 9.80 Å². The fourth-order valence-electron chi connectivity index (χ4n) is 2.63. The molecule has 0 N–H and O–H groups in total. The summed E-state index contributed by atoms with van der Waals surface area (Å²) in [5.74, 6) is 0. The Morgan fingerprint density at radius 2 is 1.65 bits per heavy atom. The van der Waals surface area contributed by atoms with Crippen LogP contribution in [0.25, 0.3) is 0 Å². The predicted molar refractivity (Wildman–Crippen MR) is 71.3 cm³/mol. The summed E-state index contributed by atoms with van der Waals surface area (Å²) in [5, 5.41) is 0. The molecule has 0 spiro atoms. The highest BCUT2D eigenvalue weighted by molar-refractivity contribution is 4.98. The van der Waals surface area contributed by atoms with E-state index in [1.165, 1.54) is 64.0 Å². The maximum atomic E-state index is 5.47. The molecule has 2 fully saturated rings. The van der Waals surface area contributed by atoms with Gasteiger partial charge in [0.25, 0.3) is 0 Å². The molecular formula is C14H26N2O. The van der Waals surface area contributed by atoms with Crippen molar-refractivity contribution in [2.45, 2.75) is 25.7 Å². The summed E-state index contributed by atoms with van der Waals surface area (Å²) >= 11 is 0. The molecule has 2 saturated heterocycles. The van der Waals surface area contributed by atoms with E-state index in [0.717, 1.165) is 19.8 Å². The molecule has 2 aliphatic rings. The number of likely N-dealkylation sites (tertiary alicyclic amines) is 1. The van der Waals surface area contributed by atoms with Crippen molar-refractivity contribution in [2.24, 2.45) is 0 Å². The summed E-state index contributed by atoms with van der Waals surface area (Å²) in [6, 6.07) is 0. The van der Waals surface area contributed by atoms with Gasteiger partial charge in [0.1, 0.15) is 0 Å². The molecule has 0 aromatic heterocycles. The van der Waals surface area contributed by atoms with Crippen molar-refractivity contribution in [2.75, 3.05) is 52.5 Å². The van der Waals surface area contributed by atoms with Crippen LogP contribution in [0.3, 0.4) is 0 Å². The Bertz CT molecular complexity index is 224. The number of piperidine rings is 1. The second-order valence-corrected chi connectivity index (χ2v) is 5.25. The van der Waals surface area contributed by atoms with E-state index in [2.05, 4.69) is 16.4 Å². The molecule has 0 atom stereocenters. The molecule has 0 aliphatic carbocycles. The Labute approximate surface area is 105 Å². The zero-order valence-corrected chi connectivity index (χ0v) is 11.0. The predicted octanol–water partition coefficient (Wildman–Crippen LogP) is 1.75. The van der Waals surface area contributed by atoms with Crippen LogP contribution in [-0.2, 0) is 4.74 Å². The number of hydrogen-bond acceptors (Lipinski definition) is 3. The van der Waals surface area contributed by atoms with Crippen LogP contribution in [-0.4, -0.2) is 62.3 Å². The molecule has 98 valence electrons. The van der Waals surface area contributed by atoms with Crippen molar-refractivity contribution < 1.29 is 4.74 Å². The number of hydrogen-bond donors (Lipinski definition) is 0. The molecule has 0 radical (unpaired) electrons. The van der Waals surface area contributed by atoms with E-state index in [1.807, 2.05) is 0 Å². The van der Waals surface area contributed by atoms with Crippen LogP contribution in [0.2, 0.25) is 0 Å². The van der Waals surface area contributed by atoms with Gasteiger partial charge in [-0.05, 0) is 38.8 Å². The normalized spacial score (nSPS) is 24.8. The average molecular weight is 238 g/mol. The second kappa shape index (κ2) is 7.14. The number of ether oxygens (including phenoxy) is 1. The van der Waals surface area contributed by atoms with Crippen LogP contribution in [0.1, 0.15) is 25.7 Å². The molecule has 2 rings (SSSR count). The maximum absolute atomic E-state index is 5.47. The van der Waals surface area contributed by atoms with E-state index < -0.39 is 0 Å². The minimum atomic E-state index is 0.920. The van der Waals surface area contributed by atoms with E-state index in [-0.39, 0.29) is 0 Å². The molecule has 17 heavy (non-hydrogen) atoms. The third-order valence-corrected chi connectivity index (χ3v) is 3.83. The first-order chi connectivity index (χ1) is 8.34. The molecule has 2 aliphatic heterocycles. The van der Waals surface area contributed by atoms with Crippen molar-refractivity contribution >= 4 is 0 Å². The first-order valence-corrected chi connectivity index (χ1v) is 7.04. The molecule has 0 aromatic carbocycles. The van der Waals surface area contributed by atoms with Gasteiger partial charge >= 0.3 is 0 Å².